The smallest absolute Gasteiger partial charge is 0.369 e. The summed E-state index contributed by atoms with van der Waals surface area (Å²) >= 11 is 0. The van der Waals surface area contributed by atoms with Gasteiger partial charge in [-0.25, -0.2) is 23.3 Å². The highest BCUT2D eigenvalue weighted by Crippen LogP contribution is 2.35. The second kappa shape index (κ2) is 7.74. The van der Waals surface area contributed by atoms with Gasteiger partial charge in [0.15, 0.2) is 5.65 Å². The van der Waals surface area contributed by atoms with Gasteiger partial charge in [-0.05, 0) is 55.8 Å². The summed E-state index contributed by atoms with van der Waals surface area (Å²) in [6.45, 7) is 2.90. The van der Waals surface area contributed by atoms with Crippen LogP contribution in [0.2, 0.25) is 0 Å². The number of nitrogens with two attached hydrogens (primary N) is 1. The number of aryl methyl sites for hydroxylation is 3. The van der Waals surface area contributed by atoms with Crippen LogP contribution in [0.25, 0.3) is 28.0 Å². The molecule has 0 radical (unpaired) electrons. The van der Waals surface area contributed by atoms with E-state index in [0.717, 1.165) is 9.08 Å². The van der Waals surface area contributed by atoms with Gasteiger partial charge in [0.2, 0.25) is 5.95 Å². The SMILES string of the molecule is Cc1cc(-c2c(-c3ccc(F)cc3)nc(N)n3c(=O)n(CCC(F)(F)F)nc23)cc(C)n1. The maximum Gasteiger partial charge on any atom is 0.390 e. The number of hydrogen-bond acceptors (Lipinski definition) is 5. The van der Waals surface area contributed by atoms with Crippen molar-refractivity contribution in [1.82, 2.24) is 24.1 Å². The molecule has 0 aliphatic heterocycles. The molecule has 166 valence electrons. The Bertz CT molecular complexity index is 1350. The second-order valence-corrected chi connectivity index (χ2v) is 7.37. The average Bonchev–Trinajstić information content (AvgIpc) is 3.02. The van der Waals surface area contributed by atoms with Gasteiger partial charge in [0.05, 0.1) is 24.2 Å². The normalized spacial score (nSPS) is 11.9. The number of nitrogen functional groups attached to an aromatic ring is 1. The van der Waals surface area contributed by atoms with Gasteiger partial charge in [-0.3, -0.25) is 4.98 Å². The molecule has 0 saturated heterocycles. The number of halogens is 4. The zero-order valence-electron chi connectivity index (χ0n) is 17.1. The standard InChI is InChI=1S/C21H18F4N6O/c1-11-9-14(10-12(2)27-11)16-17(13-3-5-15(22)6-4-13)28-19(26)31-18(16)29-30(20(31)32)8-7-21(23,24)25/h3-6,9-10H,7-8H2,1-2H3,(H2,26,28). The van der Waals surface area contributed by atoms with E-state index in [1.165, 1.54) is 24.3 Å². The van der Waals surface area contributed by atoms with Crippen molar-refractivity contribution in [3.05, 3.63) is 64.1 Å². The molecule has 32 heavy (non-hydrogen) atoms. The molecule has 11 heteroatoms. The summed E-state index contributed by atoms with van der Waals surface area (Å²) in [5.41, 5.74) is 8.38. The Balaban J connectivity index is 2.05. The molecular formula is C21H18F4N6O. The van der Waals surface area contributed by atoms with Crippen LogP contribution in [0.1, 0.15) is 17.8 Å². The summed E-state index contributed by atoms with van der Waals surface area (Å²) < 4.78 is 53.4. The van der Waals surface area contributed by atoms with Gasteiger partial charge in [-0.15, -0.1) is 5.10 Å². The van der Waals surface area contributed by atoms with E-state index in [1.807, 2.05) is 0 Å². The van der Waals surface area contributed by atoms with E-state index >= 15 is 0 Å². The number of nitrogens with zero attached hydrogens (tertiary/aromatic N) is 5. The van der Waals surface area contributed by atoms with Gasteiger partial charge < -0.3 is 5.73 Å². The first-order chi connectivity index (χ1) is 15.0. The summed E-state index contributed by atoms with van der Waals surface area (Å²) in [7, 11) is 0. The number of fused-ring (bicyclic) bond motifs is 1. The molecule has 0 aliphatic rings. The highest BCUT2D eigenvalue weighted by molar-refractivity contribution is 5.90. The van der Waals surface area contributed by atoms with Crippen LogP contribution in [0, 0.1) is 19.7 Å². The van der Waals surface area contributed by atoms with Gasteiger partial charge >= 0.3 is 11.9 Å². The molecule has 0 fully saturated rings. The third kappa shape index (κ3) is 4.05. The Morgan fingerprint density at radius 2 is 1.62 bits per heavy atom. The molecule has 0 aliphatic carbocycles. The Morgan fingerprint density at radius 1 is 1.00 bits per heavy atom. The number of pyridine rings is 1. The van der Waals surface area contributed by atoms with Gasteiger partial charge in [0, 0.05) is 17.0 Å². The van der Waals surface area contributed by atoms with Crippen LogP contribution in [-0.4, -0.2) is 30.3 Å². The fourth-order valence-corrected chi connectivity index (χ4v) is 3.54. The molecule has 0 saturated carbocycles. The molecule has 3 aromatic heterocycles. The third-order valence-electron chi connectivity index (χ3n) is 4.85. The quantitative estimate of drug-likeness (QED) is 0.480. The van der Waals surface area contributed by atoms with Crippen LogP contribution < -0.4 is 11.4 Å². The number of anilines is 1. The van der Waals surface area contributed by atoms with Crippen molar-refractivity contribution in [3.63, 3.8) is 0 Å². The maximum atomic E-state index is 13.5. The van der Waals surface area contributed by atoms with Crippen LogP contribution in [0.15, 0.2) is 41.2 Å². The highest BCUT2D eigenvalue weighted by Gasteiger charge is 2.28. The van der Waals surface area contributed by atoms with E-state index in [2.05, 4.69) is 15.1 Å². The van der Waals surface area contributed by atoms with E-state index < -0.39 is 30.6 Å². The summed E-state index contributed by atoms with van der Waals surface area (Å²) in [6, 6.07) is 8.98. The van der Waals surface area contributed by atoms with E-state index in [-0.39, 0.29) is 11.6 Å². The molecule has 0 atom stereocenters. The predicted octanol–water partition coefficient (Wildman–Crippen LogP) is 3.91. The van der Waals surface area contributed by atoms with Gasteiger partial charge in [-0.2, -0.15) is 13.2 Å². The summed E-state index contributed by atoms with van der Waals surface area (Å²) in [4.78, 5) is 21.5. The summed E-state index contributed by atoms with van der Waals surface area (Å²) in [5.74, 6) is -0.693. The Labute approximate surface area is 179 Å². The van der Waals surface area contributed by atoms with E-state index in [9.17, 15) is 22.4 Å². The zero-order chi connectivity index (χ0) is 23.2. The average molecular weight is 446 g/mol. The van der Waals surface area contributed by atoms with Crippen LogP contribution in [0.5, 0.6) is 0 Å². The van der Waals surface area contributed by atoms with Gasteiger partial charge in [0.1, 0.15) is 5.82 Å². The van der Waals surface area contributed by atoms with Gasteiger partial charge in [-0.1, -0.05) is 0 Å². The summed E-state index contributed by atoms with van der Waals surface area (Å²) in [6.07, 6.45) is -5.68. The number of hydrogen-bond donors (Lipinski definition) is 1. The molecule has 4 rings (SSSR count). The lowest BCUT2D eigenvalue weighted by Crippen LogP contribution is -2.25. The Hall–Kier alpha value is -3.76. The molecule has 7 nitrogen and oxygen atoms in total. The van der Waals surface area contributed by atoms with Crippen molar-refractivity contribution in [2.75, 3.05) is 5.73 Å². The first kappa shape index (κ1) is 21.5. The van der Waals surface area contributed by atoms with Crippen molar-refractivity contribution in [3.8, 4) is 22.4 Å². The largest absolute Gasteiger partial charge is 0.390 e. The van der Waals surface area contributed by atoms with Crippen molar-refractivity contribution >= 4 is 11.6 Å². The minimum atomic E-state index is -4.46. The molecule has 0 bridgehead atoms. The molecule has 4 aromatic rings. The van der Waals surface area contributed by atoms with Gasteiger partial charge in [0.25, 0.3) is 0 Å². The molecule has 0 spiro atoms. The van der Waals surface area contributed by atoms with E-state index in [4.69, 9.17) is 5.73 Å². The number of alkyl halides is 3. The topological polar surface area (TPSA) is 91.1 Å². The van der Waals surface area contributed by atoms with E-state index in [1.54, 1.807) is 26.0 Å². The Kier molecular flexibility index (Phi) is 5.19. The minimum Gasteiger partial charge on any atom is -0.369 e. The van der Waals surface area contributed by atoms with Crippen LogP contribution in [0.4, 0.5) is 23.5 Å². The fraction of sp³-hybridized carbons (Fsp3) is 0.238. The molecular weight excluding hydrogens is 428 g/mol. The first-order valence-electron chi connectivity index (χ1n) is 9.61. The van der Waals surface area contributed by atoms with Crippen molar-refractivity contribution in [2.24, 2.45) is 0 Å². The van der Waals surface area contributed by atoms with Crippen molar-refractivity contribution in [1.29, 1.82) is 0 Å². The molecule has 1 aromatic carbocycles. The van der Waals surface area contributed by atoms with Crippen LogP contribution >= 0.6 is 0 Å². The lowest BCUT2D eigenvalue weighted by molar-refractivity contribution is -0.137. The minimum absolute atomic E-state index is 0.0500. The molecule has 3 heterocycles. The number of benzene rings is 1. The maximum absolute atomic E-state index is 13.5. The summed E-state index contributed by atoms with van der Waals surface area (Å²) in [5, 5.41) is 4.17. The lowest BCUT2D eigenvalue weighted by Gasteiger charge is -2.13. The van der Waals surface area contributed by atoms with Crippen LogP contribution in [0.3, 0.4) is 0 Å². The molecule has 2 N–H and O–H groups in total. The fourth-order valence-electron chi connectivity index (χ4n) is 3.54. The third-order valence-corrected chi connectivity index (χ3v) is 4.85. The molecule has 0 amide bonds. The zero-order valence-corrected chi connectivity index (χ0v) is 17.1. The number of rotatable bonds is 4. The van der Waals surface area contributed by atoms with E-state index in [0.29, 0.717) is 33.8 Å². The predicted molar refractivity (Wildman–Crippen MR) is 110 cm³/mol. The second-order valence-electron chi connectivity index (χ2n) is 7.37. The number of aromatic nitrogens is 5. The van der Waals surface area contributed by atoms with Crippen LogP contribution in [-0.2, 0) is 6.54 Å². The lowest BCUT2D eigenvalue weighted by atomic mass is 9.99. The highest BCUT2D eigenvalue weighted by atomic mass is 19.4. The first-order valence-corrected chi connectivity index (χ1v) is 9.61. The monoisotopic (exact) mass is 446 g/mol. The Morgan fingerprint density at radius 3 is 2.22 bits per heavy atom. The van der Waals surface area contributed by atoms with Crippen molar-refractivity contribution in [2.45, 2.75) is 33.0 Å². The van der Waals surface area contributed by atoms with Crippen molar-refractivity contribution < 1.29 is 17.6 Å². The molecule has 0 unspecified atom stereocenters.